The van der Waals surface area contributed by atoms with E-state index >= 15 is 0 Å². The first-order chi connectivity index (χ1) is 14.9. The van der Waals surface area contributed by atoms with Gasteiger partial charge in [0.25, 0.3) is 0 Å². The van der Waals surface area contributed by atoms with Gasteiger partial charge in [-0.15, -0.1) is 0 Å². The number of rotatable bonds is 6. The van der Waals surface area contributed by atoms with Crippen molar-refractivity contribution >= 4 is 21.7 Å². The van der Waals surface area contributed by atoms with Gasteiger partial charge < -0.3 is 4.90 Å². The third kappa shape index (κ3) is 4.72. The Kier molecular flexibility index (Phi) is 6.82. The topological polar surface area (TPSA) is 74.8 Å². The number of hydrogen-bond donors (Lipinski definition) is 0. The van der Waals surface area contributed by atoms with Gasteiger partial charge in [-0.3, -0.25) is 9.59 Å². The van der Waals surface area contributed by atoms with Crippen molar-refractivity contribution in [2.45, 2.75) is 88.1 Å². The summed E-state index contributed by atoms with van der Waals surface area (Å²) >= 11 is 0. The lowest BCUT2D eigenvalue weighted by Crippen LogP contribution is -2.50. The van der Waals surface area contributed by atoms with Crippen molar-refractivity contribution in [3.8, 4) is 0 Å². The molecule has 6 nitrogen and oxygen atoms in total. The summed E-state index contributed by atoms with van der Waals surface area (Å²) in [6.45, 7) is 2.21. The molecule has 1 aromatic carbocycles. The summed E-state index contributed by atoms with van der Waals surface area (Å²) in [6.07, 6.45) is 10.5. The molecule has 2 saturated carbocycles. The Balaban J connectivity index is 1.42. The summed E-state index contributed by atoms with van der Waals surface area (Å²) < 4.78 is 27.6. The van der Waals surface area contributed by atoms with Crippen LogP contribution in [0, 0.1) is 5.92 Å². The summed E-state index contributed by atoms with van der Waals surface area (Å²) in [5.41, 5.74) is 0.502. The van der Waals surface area contributed by atoms with E-state index in [1.165, 1.54) is 49.0 Å². The maximum Gasteiger partial charge on any atom is 0.243 e. The fourth-order valence-corrected chi connectivity index (χ4v) is 7.06. The molecular weight excluding hydrogens is 412 g/mol. The third-order valence-electron chi connectivity index (χ3n) is 7.39. The number of nitrogens with zero attached hydrogens (tertiary/aromatic N) is 2. The third-order valence-corrected chi connectivity index (χ3v) is 9.31. The second kappa shape index (κ2) is 9.41. The van der Waals surface area contributed by atoms with Crippen LogP contribution in [0.4, 0.5) is 0 Å². The van der Waals surface area contributed by atoms with Gasteiger partial charge in [0.05, 0.1) is 4.90 Å². The second-order valence-electron chi connectivity index (χ2n) is 9.38. The van der Waals surface area contributed by atoms with Crippen LogP contribution in [0.1, 0.15) is 81.5 Å². The monoisotopic (exact) mass is 446 g/mol. The molecule has 0 N–H and O–H groups in total. The molecular formula is C24H34N2O4S. The first-order valence-electron chi connectivity index (χ1n) is 11.8. The molecule has 1 heterocycles. The van der Waals surface area contributed by atoms with Crippen molar-refractivity contribution in [2.75, 3.05) is 13.1 Å². The molecule has 1 amide bonds. The molecule has 2 aliphatic carbocycles. The summed E-state index contributed by atoms with van der Waals surface area (Å²) in [4.78, 5) is 27.4. The average molecular weight is 447 g/mol. The number of Topliss-reactive ketones (excluding diaryl/α,β-unsaturated/α-hetero) is 1. The quantitative estimate of drug-likeness (QED) is 0.619. The number of amides is 1. The molecule has 1 aromatic rings. The lowest BCUT2D eigenvalue weighted by molar-refractivity contribution is -0.141. The van der Waals surface area contributed by atoms with E-state index in [0.717, 1.165) is 25.7 Å². The number of hydrogen-bond acceptors (Lipinski definition) is 4. The van der Waals surface area contributed by atoms with E-state index < -0.39 is 10.0 Å². The number of carbonyl (C=O) groups excluding carboxylic acids is 2. The predicted octanol–water partition coefficient (Wildman–Crippen LogP) is 4.00. The summed E-state index contributed by atoms with van der Waals surface area (Å²) in [7, 11) is -3.61. The minimum Gasteiger partial charge on any atom is -0.336 e. The van der Waals surface area contributed by atoms with Gasteiger partial charge >= 0.3 is 0 Å². The molecule has 0 aromatic heterocycles. The SMILES string of the molecule is CC(=O)c1ccc(S(=O)(=O)N2CCC(C(=O)N(C3CCCC3)C3CCCC3)CC2)cc1. The van der Waals surface area contributed by atoms with E-state index in [1.54, 1.807) is 12.1 Å². The Morgan fingerprint density at radius 2 is 1.32 bits per heavy atom. The highest BCUT2D eigenvalue weighted by molar-refractivity contribution is 7.89. The number of piperidine rings is 1. The standard InChI is InChI=1S/C24H34N2O4S/c1-18(27)19-10-12-23(13-11-19)31(29,30)25-16-14-20(15-17-25)24(28)26(21-6-2-3-7-21)22-8-4-5-9-22/h10-13,20-22H,2-9,14-17H2,1H3. The van der Waals surface area contributed by atoms with Gasteiger partial charge in [-0.25, -0.2) is 8.42 Å². The fourth-order valence-electron chi connectivity index (χ4n) is 5.59. The van der Waals surface area contributed by atoms with Crippen LogP contribution in [0.25, 0.3) is 0 Å². The van der Waals surface area contributed by atoms with E-state index in [-0.39, 0.29) is 22.5 Å². The Morgan fingerprint density at radius 3 is 1.77 bits per heavy atom. The minimum atomic E-state index is -3.61. The smallest absolute Gasteiger partial charge is 0.243 e. The zero-order valence-electron chi connectivity index (χ0n) is 18.5. The van der Waals surface area contributed by atoms with E-state index in [9.17, 15) is 18.0 Å². The van der Waals surface area contributed by atoms with Gasteiger partial charge in [-0.2, -0.15) is 4.31 Å². The highest BCUT2D eigenvalue weighted by Gasteiger charge is 2.39. The van der Waals surface area contributed by atoms with Crippen molar-refractivity contribution in [3.63, 3.8) is 0 Å². The minimum absolute atomic E-state index is 0.0762. The van der Waals surface area contributed by atoms with Crippen LogP contribution in [0.15, 0.2) is 29.2 Å². The molecule has 0 spiro atoms. The van der Waals surface area contributed by atoms with Crippen molar-refractivity contribution in [1.29, 1.82) is 0 Å². The van der Waals surface area contributed by atoms with Crippen LogP contribution in [0.2, 0.25) is 0 Å². The van der Waals surface area contributed by atoms with Gasteiger partial charge in [0.2, 0.25) is 15.9 Å². The van der Waals surface area contributed by atoms with Crippen LogP contribution in [0.3, 0.4) is 0 Å². The van der Waals surface area contributed by atoms with E-state index in [1.807, 2.05) is 0 Å². The Bertz CT molecular complexity index is 876. The van der Waals surface area contributed by atoms with E-state index in [0.29, 0.717) is 43.6 Å². The van der Waals surface area contributed by atoms with Gasteiger partial charge in [-0.1, -0.05) is 37.8 Å². The molecule has 170 valence electrons. The number of benzene rings is 1. The van der Waals surface area contributed by atoms with Crippen molar-refractivity contribution in [2.24, 2.45) is 5.92 Å². The van der Waals surface area contributed by atoms with Crippen LogP contribution in [0.5, 0.6) is 0 Å². The lowest BCUT2D eigenvalue weighted by atomic mass is 9.94. The Labute approximate surface area is 186 Å². The van der Waals surface area contributed by atoms with E-state index in [2.05, 4.69) is 4.90 Å². The molecule has 4 rings (SSSR count). The maximum atomic E-state index is 13.5. The Morgan fingerprint density at radius 1 is 0.839 bits per heavy atom. The summed E-state index contributed by atoms with van der Waals surface area (Å²) in [6, 6.07) is 6.91. The number of ketones is 1. The molecule has 1 saturated heterocycles. The first kappa shape index (κ1) is 22.5. The molecule has 3 aliphatic rings. The molecule has 0 unspecified atom stereocenters. The average Bonchev–Trinajstić information content (AvgIpc) is 3.49. The highest BCUT2D eigenvalue weighted by atomic mass is 32.2. The Hall–Kier alpha value is -1.73. The van der Waals surface area contributed by atoms with Crippen LogP contribution < -0.4 is 0 Å². The van der Waals surface area contributed by atoms with Crippen LogP contribution >= 0.6 is 0 Å². The molecule has 0 atom stereocenters. The first-order valence-corrected chi connectivity index (χ1v) is 13.3. The van der Waals surface area contributed by atoms with Crippen molar-refractivity contribution in [3.05, 3.63) is 29.8 Å². The fraction of sp³-hybridized carbons (Fsp3) is 0.667. The number of carbonyl (C=O) groups is 2. The molecule has 0 bridgehead atoms. The zero-order valence-corrected chi connectivity index (χ0v) is 19.3. The zero-order chi connectivity index (χ0) is 22.0. The van der Waals surface area contributed by atoms with E-state index in [4.69, 9.17) is 0 Å². The molecule has 7 heteroatoms. The van der Waals surface area contributed by atoms with Crippen LogP contribution in [-0.2, 0) is 14.8 Å². The summed E-state index contributed by atoms with van der Waals surface area (Å²) in [5, 5.41) is 0. The highest BCUT2D eigenvalue weighted by Crippen LogP contribution is 2.35. The second-order valence-corrected chi connectivity index (χ2v) is 11.3. The van der Waals surface area contributed by atoms with Gasteiger partial charge in [0, 0.05) is 36.7 Å². The molecule has 31 heavy (non-hydrogen) atoms. The van der Waals surface area contributed by atoms with Gasteiger partial charge in [-0.05, 0) is 57.6 Å². The van der Waals surface area contributed by atoms with Crippen molar-refractivity contribution in [1.82, 2.24) is 9.21 Å². The van der Waals surface area contributed by atoms with Crippen LogP contribution in [-0.4, -0.2) is 54.5 Å². The molecule has 0 radical (unpaired) electrons. The van der Waals surface area contributed by atoms with Gasteiger partial charge in [0.1, 0.15) is 0 Å². The van der Waals surface area contributed by atoms with Gasteiger partial charge in [0.15, 0.2) is 5.78 Å². The predicted molar refractivity (Wildman–Crippen MR) is 119 cm³/mol. The normalized spacial score (nSPS) is 22.1. The maximum absolute atomic E-state index is 13.5. The van der Waals surface area contributed by atoms with Crippen molar-refractivity contribution < 1.29 is 18.0 Å². The molecule has 3 fully saturated rings. The largest absolute Gasteiger partial charge is 0.336 e. The number of sulfonamides is 1. The molecule has 1 aliphatic heterocycles. The lowest BCUT2D eigenvalue weighted by Gasteiger charge is -2.39. The summed E-state index contributed by atoms with van der Waals surface area (Å²) in [5.74, 6) is 0.103.